The number of rotatable bonds is 2. The van der Waals surface area contributed by atoms with Crippen molar-refractivity contribution in [3.05, 3.63) is 29.6 Å². The van der Waals surface area contributed by atoms with E-state index < -0.39 is 0 Å². The van der Waals surface area contributed by atoms with Crippen LogP contribution < -0.4 is 9.47 Å². The number of methoxy groups -OCH3 is 2. The molecule has 0 fully saturated rings. The predicted molar refractivity (Wildman–Crippen MR) is 45.8 cm³/mol. The molecule has 0 spiro atoms. The molecule has 0 radical (unpaired) electrons. The van der Waals surface area contributed by atoms with Gasteiger partial charge in [-0.05, 0) is 12.1 Å². The van der Waals surface area contributed by atoms with Crippen molar-refractivity contribution in [2.75, 3.05) is 14.2 Å². The molecule has 0 atom stereocenters. The van der Waals surface area contributed by atoms with Gasteiger partial charge in [-0.15, -0.1) is 0 Å². The van der Waals surface area contributed by atoms with Crippen LogP contribution in [0.25, 0.3) is 4.85 Å². The highest BCUT2D eigenvalue weighted by atomic mass is 16.5. The van der Waals surface area contributed by atoms with Gasteiger partial charge in [0.25, 0.3) is 0 Å². The summed E-state index contributed by atoms with van der Waals surface area (Å²) >= 11 is 0. The average molecular weight is 163 g/mol. The van der Waals surface area contributed by atoms with Crippen LogP contribution in [0, 0.1) is 6.57 Å². The van der Waals surface area contributed by atoms with Gasteiger partial charge in [-0.1, -0.05) is 0 Å². The first-order valence-corrected chi connectivity index (χ1v) is 3.41. The van der Waals surface area contributed by atoms with Gasteiger partial charge in [0, 0.05) is 6.07 Å². The summed E-state index contributed by atoms with van der Waals surface area (Å²) in [6.45, 7) is 6.82. The molecule has 0 aliphatic carbocycles. The highest BCUT2D eigenvalue weighted by Crippen LogP contribution is 2.30. The van der Waals surface area contributed by atoms with Crippen molar-refractivity contribution in [2.24, 2.45) is 0 Å². The molecular formula is C9H9NO2. The molecule has 0 unspecified atom stereocenters. The van der Waals surface area contributed by atoms with Crippen LogP contribution in [0.1, 0.15) is 0 Å². The maximum absolute atomic E-state index is 6.82. The van der Waals surface area contributed by atoms with E-state index in [-0.39, 0.29) is 0 Å². The van der Waals surface area contributed by atoms with E-state index in [4.69, 9.17) is 16.0 Å². The first-order valence-electron chi connectivity index (χ1n) is 3.41. The first-order chi connectivity index (χ1) is 5.81. The second kappa shape index (κ2) is 3.63. The van der Waals surface area contributed by atoms with Crippen molar-refractivity contribution in [1.29, 1.82) is 0 Å². The molecule has 0 bridgehead atoms. The number of nitrogens with zero attached hydrogens (tertiary/aromatic N) is 1. The molecule has 1 aromatic rings. The summed E-state index contributed by atoms with van der Waals surface area (Å²) in [6.07, 6.45) is 0. The van der Waals surface area contributed by atoms with Crippen molar-refractivity contribution >= 4 is 5.69 Å². The zero-order valence-corrected chi connectivity index (χ0v) is 7.00. The molecule has 0 aromatic heterocycles. The van der Waals surface area contributed by atoms with Gasteiger partial charge >= 0.3 is 0 Å². The summed E-state index contributed by atoms with van der Waals surface area (Å²) < 4.78 is 9.96. The van der Waals surface area contributed by atoms with Gasteiger partial charge in [0.1, 0.15) is 11.5 Å². The molecule has 0 aliphatic rings. The number of benzene rings is 1. The molecule has 62 valence electrons. The molecule has 3 nitrogen and oxygen atoms in total. The summed E-state index contributed by atoms with van der Waals surface area (Å²) in [5, 5.41) is 0. The minimum absolute atomic E-state index is 0.498. The molecule has 0 heterocycles. The van der Waals surface area contributed by atoms with Gasteiger partial charge in [0.2, 0.25) is 5.69 Å². The maximum atomic E-state index is 6.82. The molecule has 0 aliphatic heterocycles. The zero-order valence-electron chi connectivity index (χ0n) is 7.00. The maximum Gasteiger partial charge on any atom is 0.228 e. The molecule has 12 heavy (non-hydrogen) atoms. The van der Waals surface area contributed by atoms with Crippen LogP contribution in [0.5, 0.6) is 11.5 Å². The van der Waals surface area contributed by atoms with Crippen LogP contribution >= 0.6 is 0 Å². The molecule has 1 aromatic carbocycles. The normalized spacial score (nSPS) is 8.75. The highest BCUT2D eigenvalue weighted by molar-refractivity contribution is 5.59. The van der Waals surface area contributed by atoms with E-state index in [1.165, 1.54) is 7.11 Å². The summed E-state index contributed by atoms with van der Waals surface area (Å²) in [6, 6.07) is 5.09. The number of hydrogen-bond acceptors (Lipinski definition) is 2. The van der Waals surface area contributed by atoms with Gasteiger partial charge < -0.3 is 9.47 Å². The lowest BCUT2D eigenvalue weighted by molar-refractivity contribution is 0.396. The summed E-state index contributed by atoms with van der Waals surface area (Å²) in [5.41, 5.74) is 0.498. The van der Waals surface area contributed by atoms with Gasteiger partial charge in [0.15, 0.2) is 0 Å². The SMILES string of the molecule is [C-]#[N+]c1ccc(OC)cc1OC. The molecule has 3 heteroatoms. The summed E-state index contributed by atoms with van der Waals surface area (Å²) in [5.74, 6) is 1.24. The van der Waals surface area contributed by atoms with Crippen LogP contribution in [0.3, 0.4) is 0 Å². The van der Waals surface area contributed by atoms with Crippen LogP contribution in [0.4, 0.5) is 5.69 Å². The second-order valence-electron chi connectivity index (χ2n) is 2.15. The van der Waals surface area contributed by atoms with E-state index in [0.717, 1.165) is 0 Å². The predicted octanol–water partition coefficient (Wildman–Crippen LogP) is 2.25. The highest BCUT2D eigenvalue weighted by Gasteiger charge is 2.02. The fraction of sp³-hybridized carbons (Fsp3) is 0.222. The van der Waals surface area contributed by atoms with E-state index in [0.29, 0.717) is 17.2 Å². The van der Waals surface area contributed by atoms with E-state index in [1.54, 1.807) is 25.3 Å². The summed E-state index contributed by atoms with van der Waals surface area (Å²) in [7, 11) is 3.11. The lowest BCUT2D eigenvalue weighted by Crippen LogP contribution is -1.86. The molecule has 0 saturated carbocycles. The van der Waals surface area contributed by atoms with Crippen molar-refractivity contribution in [2.45, 2.75) is 0 Å². The minimum atomic E-state index is 0.498. The average Bonchev–Trinajstić information content (AvgIpc) is 2.16. The topological polar surface area (TPSA) is 22.8 Å². The third-order valence-corrected chi connectivity index (χ3v) is 1.51. The Hall–Kier alpha value is -1.69. The van der Waals surface area contributed by atoms with Gasteiger partial charge in [-0.25, -0.2) is 4.85 Å². The van der Waals surface area contributed by atoms with Crippen LogP contribution in [-0.4, -0.2) is 14.2 Å². The summed E-state index contributed by atoms with van der Waals surface area (Å²) in [4.78, 5) is 3.29. The Morgan fingerprint density at radius 2 is 2.00 bits per heavy atom. The fourth-order valence-corrected chi connectivity index (χ4v) is 0.877. The van der Waals surface area contributed by atoms with Crippen molar-refractivity contribution in [3.63, 3.8) is 0 Å². The molecule has 0 N–H and O–H groups in total. The lowest BCUT2D eigenvalue weighted by Gasteiger charge is -2.04. The Bertz CT molecular complexity index is 315. The van der Waals surface area contributed by atoms with Crippen molar-refractivity contribution < 1.29 is 9.47 Å². The molecule has 1 rings (SSSR count). The lowest BCUT2D eigenvalue weighted by atomic mass is 10.3. The molecule has 0 amide bonds. The fourth-order valence-electron chi connectivity index (χ4n) is 0.877. The third-order valence-electron chi connectivity index (χ3n) is 1.51. The van der Waals surface area contributed by atoms with Gasteiger partial charge in [-0.3, -0.25) is 0 Å². The van der Waals surface area contributed by atoms with E-state index >= 15 is 0 Å². The van der Waals surface area contributed by atoms with E-state index in [1.807, 2.05) is 0 Å². The monoisotopic (exact) mass is 163 g/mol. The van der Waals surface area contributed by atoms with Crippen LogP contribution in [0.2, 0.25) is 0 Å². The largest absolute Gasteiger partial charge is 0.508 e. The molecule has 0 saturated heterocycles. The van der Waals surface area contributed by atoms with E-state index in [9.17, 15) is 0 Å². The Kier molecular flexibility index (Phi) is 2.54. The van der Waals surface area contributed by atoms with Crippen molar-refractivity contribution in [3.8, 4) is 11.5 Å². The first kappa shape index (κ1) is 8.41. The van der Waals surface area contributed by atoms with Gasteiger partial charge in [0.05, 0.1) is 20.8 Å². The van der Waals surface area contributed by atoms with Crippen LogP contribution in [-0.2, 0) is 0 Å². The standard InChI is InChI=1S/C9H9NO2/c1-10-8-5-4-7(11-2)6-9(8)12-3/h4-6H,2-3H3. The Balaban J connectivity index is 3.13. The Morgan fingerprint density at radius 3 is 2.50 bits per heavy atom. The quantitative estimate of drug-likeness (QED) is 0.624. The smallest absolute Gasteiger partial charge is 0.228 e. The van der Waals surface area contributed by atoms with E-state index in [2.05, 4.69) is 4.85 Å². The van der Waals surface area contributed by atoms with Crippen LogP contribution in [0.15, 0.2) is 18.2 Å². The number of hydrogen-bond donors (Lipinski definition) is 0. The zero-order chi connectivity index (χ0) is 8.97. The number of ether oxygens (including phenoxy) is 2. The second-order valence-corrected chi connectivity index (χ2v) is 2.15. The van der Waals surface area contributed by atoms with Crippen molar-refractivity contribution in [1.82, 2.24) is 0 Å². The Morgan fingerprint density at radius 1 is 1.25 bits per heavy atom. The molecular weight excluding hydrogens is 154 g/mol. The Labute approximate surface area is 71.4 Å². The third kappa shape index (κ3) is 1.48. The minimum Gasteiger partial charge on any atom is -0.508 e. The van der Waals surface area contributed by atoms with Gasteiger partial charge in [-0.2, -0.15) is 0 Å².